The number of carbonyl (C=O) groups excluding carboxylic acids is 1. The van der Waals surface area contributed by atoms with Crippen LogP contribution in [0, 0.1) is 0 Å². The van der Waals surface area contributed by atoms with Crippen LogP contribution in [0.4, 0.5) is 0 Å². The lowest BCUT2D eigenvalue weighted by Crippen LogP contribution is -1.93. The summed E-state index contributed by atoms with van der Waals surface area (Å²) in [4.78, 5) is 10.9. The van der Waals surface area contributed by atoms with Crippen LogP contribution in [0.25, 0.3) is 0 Å². The summed E-state index contributed by atoms with van der Waals surface area (Å²) in [5.41, 5.74) is 0.523. The number of aromatic nitrogens is 2. The SMILES string of the molecule is CC.COc1nn(C)cc1C(C)=O. The fourth-order valence-electron chi connectivity index (χ4n) is 0.860. The third kappa shape index (κ3) is 2.89. The van der Waals surface area contributed by atoms with Crippen LogP contribution in [0.5, 0.6) is 5.88 Å². The van der Waals surface area contributed by atoms with Crippen molar-refractivity contribution in [1.29, 1.82) is 0 Å². The maximum atomic E-state index is 10.9. The lowest BCUT2D eigenvalue weighted by atomic mass is 10.2. The average molecular weight is 184 g/mol. The predicted molar refractivity (Wildman–Crippen MR) is 51.1 cm³/mol. The van der Waals surface area contributed by atoms with Gasteiger partial charge in [-0.3, -0.25) is 9.48 Å². The van der Waals surface area contributed by atoms with Gasteiger partial charge in [0.25, 0.3) is 0 Å². The maximum Gasteiger partial charge on any atom is 0.243 e. The van der Waals surface area contributed by atoms with Crippen molar-refractivity contribution in [3.8, 4) is 5.88 Å². The van der Waals surface area contributed by atoms with Crippen LogP contribution in [-0.4, -0.2) is 22.7 Å². The second-order valence-corrected chi connectivity index (χ2v) is 2.28. The zero-order valence-corrected chi connectivity index (χ0v) is 8.79. The molecule has 0 atom stereocenters. The first-order chi connectivity index (χ1) is 6.15. The van der Waals surface area contributed by atoms with E-state index in [0.717, 1.165) is 0 Å². The molecule has 0 aliphatic rings. The van der Waals surface area contributed by atoms with Gasteiger partial charge in [-0.25, -0.2) is 0 Å². The van der Waals surface area contributed by atoms with Gasteiger partial charge in [-0.1, -0.05) is 13.8 Å². The predicted octanol–water partition coefficient (Wildman–Crippen LogP) is 1.66. The molecule has 0 saturated carbocycles. The minimum Gasteiger partial charge on any atom is -0.479 e. The van der Waals surface area contributed by atoms with Gasteiger partial charge in [0.15, 0.2) is 5.78 Å². The van der Waals surface area contributed by atoms with E-state index in [9.17, 15) is 4.79 Å². The first-order valence-corrected chi connectivity index (χ1v) is 4.23. The topological polar surface area (TPSA) is 44.1 Å². The number of rotatable bonds is 2. The van der Waals surface area contributed by atoms with E-state index < -0.39 is 0 Å². The third-order valence-corrected chi connectivity index (χ3v) is 1.37. The summed E-state index contributed by atoms with van der Waals surface area (Å²) in [5, 5.41) is 3.92. The molecule has 0 fully saturated rings. The summed E-state index contributed by atoms with van der Waals surface area (Å²) in [6.07, 6.45) is 1.64. The second kappa shape index (κ2) is 5.35. The van der Waals surface area contributed by atoms with Crippen molar-refractivity contribution >= 4 is 5.78 Å². The standard InChI is InChI=1S/C7H10N2O2.C2H6/c1-5(10)6-4-9(2)8-7(6)11-3;1-2/h4H,1-3H3;1-2H3. The van der Waals surface area contributed by atoms with Crippen molar-refractivity contribution in [2.75, 3.05) is 7.11 Å². The lowest BCUT2D eigenvalue weighted by molar-refractivity contribution is 0.101. The molecule has 4 nitrogen and oxygen atoms in total. The summed E-state index contributed by atoms with van der Waals surface area (Å²) in [6.45, 7) is 5.49. The smallest absolute Gasteiger partial charge is 0.243 e. The van der Waals surface area contributed by atoms with E-state index in [0.29, 0.717) is 11.4 Å². The molecular formula is C9H16N2O2. The Morgan fingerprint density at radius 2 is 2.08 bits per heavy atom. The van der Waals surface area contributed by atoms with Crippen LogP contribution in [0.2, 0.25) is 0 Å². The minimum absolute atomic E-state index is 0.0325. The van der Waals surface area contributed by atoms with Gasteiger partial charge < -0.3 is 4.74 Å². The first kappa shape index (κ1) is 11.7. The highest BCUT2D eigenvalue weighted by Crippen LogP contribution is 2.14. The molecule has 1 aromatic heterocycles. The van der Waals surface area contributed by atoms with Crippen LogP contribution < -0.4 is 4.74 Å². The van der Waals surface area contributed by atoms with Crippen molar-refractivity contribution in [1.82, 2.24) is 9.78 Å². The molecule has 74 valence electrons. The minimum atomic E-state index is -0.0325. The summed E-state index contributed by atoms with van der Waals surface area (Å²) < 4.78 is 6.43. The number of ether oxygens (including phenoxy) is 1. The van der Waals surface area contributed by atoms with E-state index in [1.54, 1.807) is 17.9 Å². The highest BCUT2D eigenvalue weighted by atomic mass is 16.5. The molecule has 0 aliphatic carbocycles. The molecule has 0 N–H and O–H groups in total. The normalized spacial score (nSPS) is 8.69. The van der Waals surface area contributed by atoms with Gasteiger partial charge >= 0.3 is 0 Å². The zero-order valence-electron chi connectivity index (χ0n) is 8.79. The van der Waals surface area contributed by atoms with Gasteiger partial charge in [0.1, 0.15) is 0 Å². The van der Waals surface area contributed by atoms with Gasteiger partial charge in [-0.2, -0.15) is 0 Å². The molecule has 0 spiro atoms. The number of aryl methyl sites for hydroxylation is 1. The Morgan fingerprint density at radius 1 is 1.54 bits per heavy atom. The zero-order chi connectivity index (χ0) is 10.4. The van der Waals surface area contributed by atoms with E-state index in [1.807, 2.05) is 13.8 Å². The average Bonchev–Trinajstić information content (AvgIpc) is 2.50. The number of Topliss-reactive ketones (excluding diaryl/α,β-unsaturated/α-hetero) is 1. The molecule has 13 heavy (non-hydrogen) atoms. The Balaban J connectivity index is 0.000000671. The van der Waals surface area contributed by atoms with Crippen LogP contribution in [0.15, 0.2) is 6.20 Å². The van der Waals surface area contributed by atoms with E-state index in [-0.39, 0.29) is 5.78 Å². The van der Waals surface area contributed by atoms with E-state index in [4.69, 9.17) is 4.74 Å². The number of hydrogen-bond donors (Lipinski definition) is 0. The lowest BCUT2D eigenvalue weighted by Gasteiger charge is -1.93. The van der Waals surface area contributed by atoms with Crippen molar-refractivity contribution in [3.63, 3.8) is 0 Å². The van der Waals surface area contributed by atoms with E-state index in [1.165, 1.54) is 14.0 Å². The van der Waals surface area contributed by atoms with Gasteiger partial charge in [0, 0.05) is 13.2 Å². The van der Waals surface area contributed by atoms with Gasteiger partial charge in [0.05, 0.1) is 12.7 Å². The number of carbonyl (C=O) groups is 1. The summed E-state index contributed by atoms with van der Waals surface area (Å²) in [6, 6.07) is 0. The van der Waals surface area contributed by atoms with Gasteiger partial charge in [-0.15, -0.1) is 5.10 Å². The Morgan fingerprint density at radius 3 is 2.38 bits per heavy atom. The first-order valence-electron chi connectivity index (χ1n) is 4.23. The Kier molecular flexibility index (Phi) is 4.80. The molecule has 1 rings (SSSR count). The molecule has 0 aliphatic heterocycles. The van der Waals surface area contributed by atoms with Crippen molar-refractivity contribution < 1.29 is 9.53 Å². The molecule has 0 saturated heterocycles. The van der Waals surface area contributed by atoms with Crippen LogP contribution in [-0.2, 0) is 7.05 Å². The molecule has 0 bridgehead atoms. The Hall–Kier alpha value is -1.32. The fraction of sp³-hybridized carbons (Fsp3) is 0.556. The van der Waals surface area contributed by atoms with E-state index >= 15 is 0 Å². The number of methoxy groups -OCH3 is 1. The van der Waals surface area contributed by atoms with Crippen molar-refractivity contribution in [2.24, 2.45) is 7.05 Å². The van der Waals surface area contributed by atoms with Crippen LogP contribution in [0.3, 0.4) is 0 Å². The molecular weight excluding hydrogens is 168 g/mol. The third-order valence-electron chi connectivity index (χ3n) is 1.37. The molecule has 0 amide bonds. The number of ketones is 1. The maximum absolute atomic E-state index is 10.9. The van der Waals surface area contributed by atoms with Crippen molar-refractivity contribution in [2.45, 2.75) is 20.8 Å². The summed E-state index contributed by atoms with van der Waals surface area (Å²) in [5.74, 6) is 0.356. The van der Waals surface area contributed by atoms with Gasteiger partial charge in [0.2, 0.25) is 5.88 Å². The largest absolute Gasteiger partial charge is 0.479 e. The Labute approximate surface area is 78.5 Å². The highest BCUT2D eigenvalue weighted by molar-refractivity contribution is 5.96. The highest BCUT2D eigenvalue weighted by Gasteiger charge is 2.10. The summed E-state index contributed by atoms with van der Waals surface area (Å²) in [7, 11) is 3.24. The quantitative estimate of drug-likeness (QED) is 0.656. The second-order valence-electron chi connectivity index (χ2n) is 2.28. The molecule has 1 heterocycles. The summed E-state index contributed by atoms with van der Waals surface area (Å²) >= 11 is 0. The van der Waals surface area contributed by atoms with Crippen molar-refractivity contribution in [3.05, 3.63) is 11.8 Å². The molecule has 0 unspecified atom stereocenters. The Bertz CT molecular complexity index is 279. The number of nitrogens with zero attached hydrogens (tertiary/aromatic N) is 2. The van der Waals surface area contributed by atoms with Gasteiger partial charge in [-0.05, 0) is 6.92 Å². The number of hydrogen-bond acceptors (Lipinski definition) is 3. The fourth-order valence-corrected chi connectivity index (χ4v) is 0.860. The monoisotopic (exact) mass is 184 g/mol. The molecule has 0 radical (unpaired) electrons. The van der Waals surface area contributed by atoms with Crippen LogP contribution in [0.1, 0.15) is 31.1 Å². The van der Waals surface area contributed by atoms with E-state index in [2.05, 4.69) is 5.10 Å². The molecule has 4 heteroatoms. The molecule has 1 aromatic rings. The van der Waals surface area contributed by atoms with Crippen LogP contribution >= 0.6 is 0 Å². The molecule has 0 aromatic carbocycles.